The molecule has 0 amide bonds. The van der Waals surface area contributed by atoms with E-state index in [9.17, 15) is 4.79 Å². The molecule has 100 valence electrons. The molecule has 0 bridgehead atoms. The maximum atomic E-state index is 11.1. The molecule has 2 atom stereocenters. The summed E-state index contributed by atoms with van der Waals surface area (Å²) in [5.74, 6) is -0.524. The minimum absolute atomic E-state index is 0.0350. The lowest BCUT2D eigenvalue weighted by molar-refractivity contribution is -0.139. The average Bonchev–Trinajstić information content (AvgIpc) is 2.31. The minimum atomic E-state index is -0.809. The summed E-state index contributed by atoms with van der Waals surface area (Å²) < 4.78 is 0. The molecular weight excluding hydrogens is 228 g/mol. The molecule has 0 fully saturated rings. The number of carboxylic acid groups (broad SMARTS) is 1. The van der Waals surface area contributed by atoms with Crippen molar-refractivity contribution >= 4 is 5.97 Å². The lowest BCUT2D eigenvalue weighted by atomic mass is 9.96. The number of carboxylic acids is 1. The molecule has 18 heavy (non-hydrogen) atoms. The van der Waals surface area contributed by atoms with Gasteiger partial charge in [-0.2, -0.15) is 0 Å². The Morgan fingerprint density at radius 1 is 1.50 bits per heavy atom. The van der Waals surface area contributed by atoms with Gasteiger partial charge in [0, 0.05) is 6.20 Å². The number of nitrogens with one attached hydrogen (secondary N) is 1. The predicted molar refractivity (Wildman–Crippen MR) is 71.4 cm³/mol. The summed E-state index contributed by atoms with van der Waals surface area (Å²) in [6, 6.07) is 3.33. The lowest BCUT2D eigenvalue weighted by Crippen LogP contribution is -2.41. The number of carbonyl (C=O) groups is 1. The van der Waals surface area contributed by atoms with Crippen molar-refractivity contribution < 1.29 is 9.90 Å². The highest BCUT2D eigenvalue weighted by atomic mass is 16.4. The summed E-state index contributed by atoms with van der Waals surface area (Å²) in [4.78, 5) is 15.5. The van der Waals surface area contributed by atoms with Crippen LogP contribution >= 0.6 is 0 Å². The Bertz CT molecular complexity index is 405. The third-order valence-corrected chi connectivity index (χ3v) is 3.10. The normalized spacial score (nSPS) is 14.5. The molecule has 4 heteroatoms. The van der Waals surface area contributed by atoms with Crippen molar-refractivity contribution in [3.05, 3.63) is 29.6 Å². The van der Waals surface area contributed by atoms with Crippen LogP contribution in [-0.2, 0) is 4.79 Å². The number of hydrogen-bond acceptors (Lipinski definition) is 3. The van der Waals surface area contributed by atoms with Gasteiger partial charge in [-0.3, -0.25) is 15.1 Å². The van der Waals surface area contributed by atoms with E-state index in [-0.39, 0.29) is 12.0 Å². The van der Waals surface area contributed by atoms with Crippen LogP contribution in [0.3, 0.4) is 0 Å². The molecule has 0 aliphatic heterocycles. The molecule has 2 unspecified atom stereocenters. The van der Waals surface area contributed by atoms with Gasteiger partial charge in [-0.1, -0.05) is 26.8 Å². The number of aryl methyl sites for hydroxylation is 1. The Morgan fingerprint density at radius 3 is 2.61 bits per heavy atom. The van der Waals surface area contributed by atoms with Gasteiger partial charge in [0.1, 0.15) is 6.04 Å². The zero-order valence-corrected chi connectivity index (χ0v) is 11.5. The van der Waals surface area contributed by atoms with E-state index in [0.29, 0.717) is 6.42 Å². The minimum Gasteiger partial charge on any atom is -0.480 e. The standard InChI is InChI=1S/C14H22N2O2/c1-5-11(14(17)18)16-12(9(2)3)13-10(4)7-6-8-15-13/h6-9,11-12,16H,5H2,1-4H3,(H,17,18). The first kappa shape index (κ1) is 14.6. The Hall–Kier alpha value is -1.42. The van der Waals surface area contributed by atoms with Crippen LogP contribution in [0.4, 0.5) is 0 Å². The molecule has 1 aromatic heterocycles. The number of aliphatic carboxylic acids is 1. The van der Waals surface area contributed by atoms with Crippen molar-refractivity contribution in [1.82, 2.24) is 10.3 Å². The molecule has 0 aliphatic rings. The van der Waals surface area contributed by atoms with E-state index in [2.05, 4.69) is 24.1 Å². The second-order valence-electron chi connectivity index (χ2n) is 4.89. The van der Waals surface area contributed by atoms with Crippen LogP contribution in [-0.4, -0.2) is 22.1 Å². The van der Waals surface area contributed by atoms with Gasteiger partial charge in [0.15, 0.2) is 0 Å². The van der Waals surface area contributed by atoms with Crippen LogP contribution in [0.1, 0.15) is 44.5 Å². The fourth-order valence-electron chi connectivity index (χ4n) is 1.99. The van der Waals surface area contributed by atoms with E-state index in [4.69, 9.17) is 5.11 Å². The maximum absolute atomic E-state index is 11.1. The highest BCUT2D eigenvalue weighted by molar-refractivity contribution is 5.73. The predicted octanol–water partition coefficient (Wildman–Crippen LogP) is 2.54. The number of pyridine rings is 1. The smallest absolute Gasteiger partial charge is 0.320 e. The Labute approximate surface area is 108 Å². The van der Waals surface area contributed by atoms with Gasteiger partial charge in [0.25, 0.3) is 0 Å². The number of aromatic nitrogens is 1. The summed E-state index contributed by atoms with van der Waals surface area (Å²) in [6.07, 6.45) is 2.31. The second kappa shape index (κ2) is 6.50. The average molecular weight is 250 g/mol. The van der Waals surface area contributed by atoms with Crippen molar-refractivity contribution in [2.24, 2.45) is 5.92 Å². The molecule has 0 aromatic carbocycles. The first-order chi connectivity index (χ1) is 8.47. The molecule has 0 spiro atoms. The van der Waals surface area contributed by atoms with Gasteiger partial charge < -0.3 is 5.11 Å². The van der Waals surface area contributed by atoms with Crippen molar-refractivity contribution in [3.63, 3.8) is 0 Å². The van der Waals surface area contributed by atoms with Gasteiger partial charge in [0.2, 0.25) is 0 Å². The second-order valence-corrected chi connectivity index (χ2v) is 4.89. The highest BCUT2D eigenvalue weighted by Gasteiger charge is 2.25. The van der Waals surface area contributed by atoms with Gasteiger partial charge in [0.05, 0.1) is 11.7 Å². The van der Waals surface area contributed by atoms with E-state index < -0.39 is 12.0 Å². The summed E-state index contributed by atoms with van der Waals surface area (Å²) >= 11 is 0. The third-order valence-electron chi connectivity index (χ3n) is 3.10. The van der Waals surface area contributed by atoms with Gasteiger partial charge in [-0.25, -0.2) is 0 Å². The molecule has 0 saturated carbocycles. The van der Waals surface area contributed by atoms with Gasteiger partial charge in [-0.05, 0) is 30.9 Å². The SMILES string of the molecule is CCC(NC(c1ncccc1C)C(C)C)C(=O)O. The Morgan fingerprint density at radius 2 is 2.17 bits per heavy atom. The van der Waals surface area contributed by atoms with Crippen molar-refractivity contribution in [2.75, 3.05) is 0 Å². The van der Waals surface area contributed by atoms with Crippen LogP contribution in [0.25, 0.3) is 0 Å². The number of hydrogen-bond donors (Lipinski definition) is 2. The molecule has 0 saturated heterocycles. The maximum Gasteiger partial charge on any atom is 0.320 e. The fraction of sp³-hybridized carbons (Fsp3) is 0.571. The third kappa shape index (κ3) is 3.53. The molecule has 1 aromatic rings. The van der Waals surface area contributed by atoms with E-state index >= 15 is 0 Å². The van der Waals surface area contributed by atoms with E-state index in [1.165, 1.54) is 0 Å². The zero-order chi connectivity index (χ0) is 13.7. The molecule has 0 radical (unpaired) electrons. The zero-order valence-electron chi connectivity index (χ0n) is 11.5. The molecule has 1 rings (SSSR count). The van der Waals surface area contributed by atoms with Crippen molar-refractivity contribution in [2.45, 2.75) is 46.2 Å². The van der Waals surface area contributed by atoms with E-state index in [1.807, 2.05) is 26.0 Å². The first-order valence-corrected chi connectivity index (χ1v) is 6.37. The lowest BCUT2D eigenvalue weighted by Gasteiger charge is -2.26. The van der Waals surface area contributed by atoms with Crippen molar-refractivity contribution in [3.8, 4) is 0 Å². The van der Waals surface area contributed by atoms with E-state index in [1.54, 1.807) is 6.20 Å². The van der Waals surface area contributed by atoms with E-state index in [0.717, 1.165) is 11.3 Å². The topological polar surface area (TPSA) is 62.2 Å². The highest BCUT2D eigenvalue weighted by Crippen LogP contribution is 2.23. The van der Waals surface area contributed by atoms with Crippen LogP contribution in [0.15, 0.2) is 18.3 Å². The summed E-state index contributed by atoms with van der Waals surface area (Å²) in [5.41, 5.74) is 2.02. The molecule has 4 nitrogen and oxygen atoms in total. The summed E-state index contributed by atoms with van der Waals surface area (Å²) in [7, 11) is 0. The van der Waals surface area contributed by atoms with Crippen LogP contribution < -0.4 is 5.32 Å². The fourth-order valence-corrected chi connectivity index (χ4v) is 1.99. The Kier molecular flexibility index (Phi) is 5.28. The van der Waals surface area contributed by atoms with Crippen LogP contribution in [0.2, 0.25) is 0 Å². The first-order valence-electron chi connectivity index (χ1n) is 6.37. The number of nitrogens with zero attached hydrogens (tertiary/aromatic N) is 1. The largest absolute Gasteiger partial charge is 0.480 e. The van der Waals surface area contributed by atoms with Gasteiger partial charge >= 0.3 is 5.97 Å². The number of rotatable bonds is 6. The summed E-state index contributed by atoms with van der Waals surface area (Å²) in [5, 5.41) is 12.3. The molecule has 1 heterocycles. The van der Waals surface area contributed by atoms with Gasteiger partial charge in [-0.15, -0.1) is 0 Å². The monoisotopic (exact) mass is 250 g/mol. The molecule has 2 N–H and O–H groups in total. The molecular formula is C14H22N2O2. The Balaban J connectivity index is 2.97. The summed E-state index contributed by atoms with van der Waals surface area (Å²) in [6.45, 7) is 8.01. The van der Waals surface area contributed by atoms with Crippen molar-refractivity contribution in [1.29, 1.82) is 0 Å². The van der Waals surface area contributed by atoms with Crippen LogP contribution in [0, 0.1) is 12.8 Å². The quantitative estimate of drug-likeness (QED) is 0.814. The molecule has 0 aliphatic carbocycles. The van der Waals surface area contributed by atoms with Crippen LogP contribution in [0.5, 0.6) is 0 Å².